The average molecular weight is 433 g/mol. The highest BCUT2D eigenvalue weighted by Gasteiger charge is 2.24. The summed E-state index contributed by atoms with van der Waals surface area (Å²) in [4.78, 5) is 44.6. The number of carbonyl (C=O) groups is 1. The first kappa shape index (κ1) is 21.4. The molecule has 1 N–H and O–H groups in total. The topological polar surface area (TPSA) is 127 Å². The summed E-state index contributed by atoms with van der Waals surface area (Å²) in [5.41, 5.74) is 0.602. The molecule has 0 atom stereocenters. The van der Waals surface area contributed by atoms with Gasteiger partial charge in [0.05, 0.1) is 22.4 Å². The first-order valence-corrected chi connectivity index (χ1v) is 9.73. The highest BCUT2D eigenvalue weighted by Crippen LogP contribution is 2.22. The molecule has 2 aromatic heterocycles. The summed E-state index contributed by atoms with van der Waals surface area (Å²) in [5, 5.41) is 16.2. The van der Waals surface area contributed by atoms with E-state index in [-0.39, 0.29) is 35.9 Å². The molecule has 0 bridgehead atoms. The van der Waals surface area contributed by atoms with Crippen molar-refractivity contribution in [1.82, 2.24) is 24.6 Å². The lowest BCUT2D eigenvalue weighted by Gasteiger charge is -2.22. The lowest BCUT2D eigenvalue weighted by atomic mass is 10.2. The number of nitrogens with zero attached hydrogens (tertiary/aromatic N) is 5. The number of amides is 1. The van der Waals surface area contributed by atoms with Crippen LogP contribution in [-0.4, -0.2) is 42.0 Å². The molecule has 2 heterocycles. The second kappa shape index (κ2) is 8.62. The van der Waals surface area contributed by atoms with E-state index in [0.717, 1.165) is 0 Å². The molecular weight excluding hydrogens is 412 g/mol. The number of aromatic amines is 1. The number of aromatic nitrogens is 4. The van der Waals surface area contributed by atoms with Crippen LogP contribution in [0, 0.1) is 24.0 Å². The van der Waals surface area contributed by atoms with Gasteiger partial charge in [0.25, 0.3) is 5.56 Å². The third-order valence-electron chi connectivity index (χ3n) is 4.72. The number of H-pyrrole nitrogens is 1. The SMILES string of the molecule is CCCN(Cc1nc2cc(Cl)ccc2c(=O)[nH]1)C(=O)Cn1nc(C)c([N+](=O)[O-])c1C. The van der Waals surface area contributed by atoms with E-state index in [1.54, 1.807) is 25.1 Å². The maximum atomic E-state index is 12.9. The number of fused-ring (bicyclic) bond motifs is 1. The fourth-order valence-corrected chi connectivity index (χ4v) is 3.48. The van der Waals surface area contributed by atoms with Crippen LogP contribution in [0.3, 0.4) is 0 Å². The van der Waals surface area contributed by atoms with Crippen molar-refractivity contribution in [3.8, 4) is 0 Å². The molecule has 0 radical (unpaired) electrons. The number of hydrogen-bond acceptors (Lipinski definition) is 6. The highest BCUT2D eigenvalue weighted by molar-refractivity contribution is 6.31. The Morgan fingerprint density at radius 3 is 2.73 bits per heavy atom. The zero-order chi connectivity index (χ0) is 22.0. The minimum Gasteiger partial charge on any atom is -0.334 e. The minimum atomic E-state index is -0.503. The van der Waals surface area contributed by atoms with Crippen LogP contribution in [0.5, 0.6) is 0 Å². The molecule has 10 nitrogen and oxygen atoms in total. The van der Waals surface area contributed by atoms with Crippen LogP contribution >= 0.6 is 11.6 Å². The Labute approximate surface area is 176 Å². The van der Waals surface area contributed by atoms with Gasteiger partial charge in [-0.3, -0.25) is 24.4 Å². The first-order valence-electron chi connectivity index (χ1n) is 9.35. The molecule has 0 spiro atoms. The third-order valence-corrected chi connectivity index (χ3v) is 4.95. The van der Waals surface area contributed by atoms with Crippen LogP contribution in [0.1, 0.15) is 30.6 Å². The van der Waals surface area contributed by atoms with E-state index in [4.69, 9.17) is 11.6 Å². The Kier molecular flexibility index (Phi) is 6.16. The molecule has 1 aromatic carbocycles. The predicted octanol–water partition coefficient (Wildman–Crippen LogP) is 2.74. The molecule has 3 rings (SSSR count). The number of nitrogens with one attached hydrogen (secondary N) is 1. The van der Waals surface area contributed by atoms with Gasteiger partial charge in [-0.15, -0.1) is 0 Å². The standard InChI is InChI=1S/C19H21ClN6O4/c1-4-7-24(17(27)10-25-12(3)18(26(29)30)11(2)23-25)9-16-21-15-8-13(20)5-6-14(15)19(28)22-16/h5-6,8H,4,7,9-10H2,1-3H3,(H,21,22,28). The number of hydrogen-bond donors (Lipinski definition) is 1. The molecule has 158 valence electrons. The zero-order valence-electron chi connectivity index (χ0n) is 16.8. The molecule has 0 fully saturated rings. The summed E-state index contributed by atoms with van der Waals surface area (Å²) >= 11 is 6.00. The maximum Gasteiger partial charge on any atom is 0.312 e. The second-order valence-electron chi connectivity index (χ2n) is 6.92. The summed E-state index contributed by atoms with van der Waals surface area (Å²) in [7, 11) is 0. The smallest absolute Gasteiger partial charge is 0.312 e. The van der Waals surface area contributed by atoms with E-state index in [1.807, 2.05) is 6.92 Å². The van der Waals surface area contributed by atoms with E-state index >= 15 is 0 Å². The van der Waals surface area contributed by atoms with Crippen LogP contribution < -0.4 is 5.56 Å². The van der Waals surface area contributed by atoms with Crippen LogP contribution in [0.25, 0.3) is 10.9 Å². The van der Waals surface area contributed by atoms with Crippen molar-refractivity contribution in [3.63, 3.8) is 0 Å². The third kappa shape index (κ3) is 4.33. The van der Waals surface area contributed by atoms with Crippen molar-refractivity contribution >= 4 is 34.1 Å². The Hall–Kier alpha value is -3.27. The maximum absolute atomic E-state index is 12.9. The van der Waals surface area contributed by atoms with Crippen LogP contribution in [0.2, 0.25) is 5.02 Å². The number of benzene rings is 1. The molecule has 0 aliphatic rings. The van der Waals surface area contributed by atoms with Crippen molar-refractivity contribution in [3.05, 3.63) is 60.9 Å². The van der Waals surface area contributed by atoms with Gasteiger partial charge in [-0.05, 0) is 38.5 Å². The average Bonchev–Trinajstić information content (AvgIpc) is 2.94. The van der Waals surface area contributed by atoms with Gasteiger partial charge in [-0.25, -0.2) is 4.98 Å². The molecule has 0 saturated carbocycles. The van der Waals surface area contributed by atoms with E-state index in [2.05, 4.69) is 15.1 Å². The predicted molar refractivity (Wildman–Crippen MR) is 111 cm³/mol. The first-order chi connectivity index (χ1) is 14.2. The monoisotopic (exact) mass is 432 g/mol. The summed E-state index contributed by atoms with van der Waals surface area (Å²) in [6.07, 6.45) is 0.687. The fraction of sp³-hybridized carbons (Fsp3) is 0.368. The summed E-state index contributed by atoms with van der Waals surface area (Å²) in [5.74, 6) is 0.0436. The van der Waals surface area contributed by atoms with Gasteiger partial charge in [-0.2, -0.15) is 5.10 Å². The van der Waals surface area contributed by atoms with Crippen LogP contribution in [0.4, 0.5) is 5.69 Å². The Morgan fingerprint density at radius 1 is 1.37 bits per heavy atom. The molecule has 0 aliphatic heterocycles. The molecule has 0 saturated heterocycles. The van der Waals surface area contributed by atoms with Gasteiger partial charge in [-0.1, -0.05) is 18.5 Å². The molecule has 3 aromatic rings. The molecule has 11 heteroatoms. The van der Waals surface area contributed by atoms with Crippen LogP contribution in [0.15, 0.2) is 23.0 Å². The number of nitro groups is 1. The van der Waals surface area contributed by atoms with Crippen molar-refractivity contribution < 1.29 is 9.72 Å². The van der Waals surface area contributed by atoms with E-state index in [9.17, 15) is 19.7 Å². The van der Waals surface area contributed by atoms with Gasteiger partial charge < -0.3 is 9.88 Å². The zero-order valence-corrected chi connectivity index (χ0v) is 17.6. The normalized spacial score (nSPS) is 11.1. The van der Waals surface area contributed by atoms with Gasteiger partial charge in [0.1, 0.15) is 23.8 Å². The van der Waals surface area contributed by atoms with E-state index in [1.165, 1.54) is 16.5 Å². The largest absolute Gasteiger partial charge is 0.334 e. The molecule has 0 aliphatic carbocycles. The van der Waals surface area contributed by atoms with Gasteiger partial charge >= 0.3 is 5.69 Å². The molecule has 0 unspecified atom stereocenters. The number of aryl methyl sites for hydroxylation is 1. The van der Waals surface area contributed by atoms with E-state index in [0.29, 0.717) is 40.4 Å². The second-order valence-corrected chi connectivity index (χ2v) is 7.36. The lowest BCUT2D eigenvalue weighted by Crippen LogP contribution is -2.35. The van der Waals surface area contributed by atoms with Gasteiger partial charge in [0.15, 0.2) is 0 Å². The number of halogens is 1. The van der Waals surface area contributed by atoms with Crippen molar-refractivity contribution in [2.24, 2.45) is 0 Å². The fourth-order valence-electron chi connectivity index (χ4n) is 3.31. The Morgan fingerprint density at radius 2 is 2.10 bits per heavy atom. The quantitative estimate of drug-likeness (QED) is 0.451. The van der Waals surface area contributed by atoms with Crippen molar-refractivity contribution in [1.29, 1.82) is 0 Å². The van der Waals surface area contributed by atoms with E-state index < -0.39 is 4.92 Å². The Balaban J connectivity index is 1.87. The number of carbonyl (C=O) groups excluding carboxylic acids is 1. The summed E-state index contributed by atoms with van der Waals surface area (Å²) in [6.45, 7) is 5.38. The lowest BCUT2D eigenvalue weighted by molar-refractivity contribution is -0.386. The van der Waals surface area contributed by atoms with Crippen molar-refractivity contribution in [2.75, 3.05) is 6.54 Å². The summed E-state index contributed by atoms with van der Waals surface area (Å²) in [6, 6.07) is 4.80. The summed E-state index contributed by atoms with van der Waals surface area (Å²) < 4.78 is 1.33. The van der Waals surface area contributed by atoms with Crippen molar-refractivity contribution in [2.45, 2.75) is 40.3 Å². The number of rotatable bonds is 7. The van der Waals surface area contributed by atoms with Gasteiger partial charge in [0, 0.05) is 11.6 Å². The molecular formula is C19H21ClN6O4. The van der Waals surface area contributed by atoms with Gasteiger partial charge in [0.2, 0.25) is 5.91 Å². The molecule has 30 heavy (non-hydrogen) atoms. The minimum absolute atomic E-state index is 0.0890. The van der Waals surface area contributed by atoms with Crippen LogP contribution in [-0.2, 0) is 17.9 Å². The highest BCUT2D eigenvalue weighted by atomic mass is 35.5. The Bertz CT molecular complexity index is 1190. The molecule has 1 amide bonds.